The highest BCUT2D eigenvalue weighted by atomic mass is 32.1. The summed E-state index contributed by atoms with van der Waals surface area (Å²) in [5.74, 6) is 5.65. The number of hydrogen-bond acceptors (Lipinski definition) is 4. The van der Waals surface area contributed by atoms with Crippen molar-refractivity contribution < 1.29 is 4.79 Å². The zero-order chi connectivity index (χ0) is 12.8. The van der Waals surface area contributed by atoms with Crippen molar-refractivity contribution in [3.05, 3.63) is 11.1 Å². The Labute approximate surface area is 110 Å². The van der Waals surface area contributed by atoms with Gasteiger partial charge < -0.3 is 10.6 Å². The molecule has 0 saturated carbocycles. The van der Waals surface area contributed by atoms with Crippen molar-refractivity contribution in [1.29, 1.82) is 0 Å². The number of thiazole rings is 1. The van der Waals surface area contributed by atoms with Gasteiger partial charge in [0.2, 0.25) is 0 Å². The minimum atomic E-state index is -0.0672. The van der Waals surface area contributed by atoms with Gasteiger partial charge in [-0.25, -0.2) is 9.78 Å². The maximum absolute atomic E-state index is 11.9. The number of hydrogen-bond donors (Lipinski definition) is 2. The highest BCUT2D eigenvalue weighted by molar-refractivity contribution is 7.16. The second kappa shape index (κ2) is 6.38. The van der Waals surface area contributed by atoms with Crippen LogP contribution in [0.25, 0.3) is 0 Å². The van der Waals surface area contributed by atoms with Gasteiger partial charge in [0.25, 0.3) is 0 Å². The minimum absolute atomic E-state index is 0.0672. The molecule has 3 N–H and O–H groups in total. The van der Waals surface area contributed by atoms with Crippen molar-refractivity contribution in [3.8, 4) is 11.8 Å². The third-order valence-electron chi connectivity index (χ3n) is 2.68. The monoisotopic (exact) mass is 264 g/mol. The van der Waals surface area contributed by atoms with E-state index in [4.69, 9.17) is 5.73 Å². The zero-order valence-corrected chi connectivity index (χ0v) is 10.9. The molecule has 0 radical (unpaired) electrons. The summed E-state index contributed by atoms with van der Waals surface area (Å²) in [7, 11) is 0. The molecular formula is C12H16N4OS. The Hall–Kier alpha value is -1.58. The van der Waals surface area contributed by atoms with Gasteiger partial charge in [0, 0.05) is 13.1 Å². The zero-order valence-electron chi connectivity index (χ0n) is 10.1. The molecule has 96 valence electrons. The average Bonchev–Trinajstić information content (AvgIpc) is 2.85. The first-order valence-corrected chi connectivity index (χ1v) is 6.82. The highest BCUT2D eigenvalue weighted by Crippen LogP contribution is 2.18. The summed E-state index contributed by atoms with van der Waals surface area (Å²) in [5.41, 5.74) is 5.30. The molecule has 0 atom stereocenters. The Balaban J connectivity index is 1.92. The van der Waals surface area contributed by atoms with Crippen LogP contribution in [0.5, 0.6) is 0 Å². The molecule has 2 amide bonds. The Morgan fingerprint density at radius 1 is 1.50 bits per heavy atom. The van der Waals surface area contributed by atoms with Crippen molar-refractivity contribution in [2.24, 2.45) is 5.73 Å². The van der Waals surface area contributed by atoms with Gasteiger partial charge in [-0.05, 0) is 19.3 Å². The predicted molar refractivity (Wildman–Crippen MR) is 72.5 cm³/mol. The largest absolute Gasteiger partial charge is 0.324 e. The summed E-state index contributed by atoms with van der Waals surface area (Å²) in [4.78, 5) is 18.7. The Morgan fingerprint density at radius 3 is 3.00 bits per heavy atom. The van der Waals surface area contributed by atoms with Gasteiger partial charge >= 0.3 is 6.03 Å². The molecule has 0 unspecified atom stereocenters. The number of rotatable bonds is 1. The summed E-state index contributed by atoms with van der Waals surface area (Å²) < 4.78 is 0. The third-order valence-corrected chi connectivity index (χ3v) is 3.50. The van der Waals surface area contributed by atoms with Crippen molar-refractivity contribution in [1.82, 2.24) is 9.88 Å². The van der Waals surface area contributed by atoms with Crippen molar-refractivity contribution in [2.75, 3.05) is 25.0 Å². The number of likely N-dealkylation sites (tertiary alicyclic amines) is 1. The predicted octanol–water partition coefficient (Wildman–Crippen LogP) is 1.47. The second-order valence-corrected chi connectivity index (χ2v) is 5.04. The lowest BCUT2D eigenvalue weighted by atomic mass is 10.1. The van der Waals surface area contributed by atoms with Crippen LogP contribution < -0.4 is 11.1 Å². The molecule has 1 aromatic heterocycles. The summed E-state index contributed by atoms with van der Waals surface area (Å²) in [6.45, 7) is 1.99. The number of urea groups is 1. The maximum atomic E-state index is 11.9. The molecule has 1 aromatic rings. The first-order valence-electron chi connectivity index (χ1n) is 6.00. The minimum Gasteiger partial charge on any atom is -0.324 e. The van der Waals surface area contributed by atoms with E-state index in [1.165, 1.54) is 17.8 Å². The second-order valence-electron chi connectivity index (χ2n) is 4.01. The number of piperidine rings is 1. The molecule has 0 aromatic carbocycles. The van der Waals surface area contributed by atoms with Gasteiger partial charge in [0.15, 0.2) is 5.13 Å². The van der Waals surface area contributed by atoms with Crippen LogP contribution in [-0.4, -0.2) is 35.5 Å². The normalized spacial score (nSPS) is 14.8. The maximum Gasteiger partial charge on any atom is 0.323 e. The third kappa shape index (κ3) is 3.45. The molecular weight excluding hydrogens is 248 g/mol. The van der Waals surface area contributed by atoms with Crippen LogP contribution in [0.4, 0.5) is 9.93 Å². The van der Waals surface area contributed by atoms with Gasteiger partial charge in [-0.1, -0.05) is 23.2 Å². The fraction of sp³-hybridized carbons (Fsp3) is 0.500. The molecule has 1 aliphatic heterocycles. The Bertz CT molecular complexity index is 468. The number of anilines is 1. The van der Waals surface area contributed by atoms with Crippen LogP contribution in [-0.2, 0) is 0 Å². The summed E-state index contributed by atoms with van der Waals surface area (Å²) in [5, 5.41) is 3.39. The number of nitrogens with one attached hydrogen (secondary N) is 1. The first kappa shape index (κ1) is 12.9. The quantitative estimate of drug-likeness (QED) is 0.755. The van der Waals surface area contributed by atoms with Crippen molar-refractivity contribution >= 4 is 22.5 Å². The number of carbonyl (C=O) groups excluding carboxylic acids is 1. The molecule has 1 aliphatic rings. The van der Waals surface area contributed by atoms with E-state index in [0.717, 1.165) is 30.8 Å². The smallest absolute Gasteiger partial charge is 0.323 e. The molecule has 0 aliphatic carbocycles. The summed E-state index contributed by atoms with van der Waals surface area (Å²) >= 11 is 1.37. The molecule has 0 spiro atoms. The molecule has 0 bridgehead atoms. The van der Waals surface area contributed by atoms with E-state index in [0.29, 0.717) is 11.7 Å². The molecule has 18 heavy (non-hydrogen) atoms. The van der Waals surface area contributed by atoms with E-state index >= 15 is 0 Å². The van der Waals surface area contributed by atoms with Gasteiger partial charge in [-0.2, -0.15) is 0 Å². The van der Waals surface area contributed by atoms with E-state index in [2.05, 4.69) is 22.1 Å². The number of amides is 2. The number of aromatic nitrogens is 1. The SMILES string of the molecule is NCC#Cc1cnc(NC(=O)N2CCCCC2)s1. The van der Waals surface area contributed by atoms with Gasteiger partial charge in [0.05, 0.1) is 17.6 Å². The Kier molecular flexibility index (Phi) is 4.56. The van der Waals surface area contributed by atoms with Crippen LogP contribution >= 0.6 is 11.3 Å². The molecule has 2 heterocycles. The van der Waals surface area contributed by atoms with Crippen LogP contribution in [0.1, 0.15) is 24.1 Å². The fourth-order valence-electron chi connectivity index (χ4n) is 1.80. The van der Waals surface area contributed by atoms with E-state index in [-0.39, 0.29) is 6.03 Å². The molecule has 6 heteroatoms. The van der Waals surface area contributed by atoms with E-state index < -0.39 is 0 Å². The highest BCUT2D eigenvalue weighted by Gasteiger charge is 2.17. The van der Waals surface area contributed by atoms with E-state index in [1.807, 2.05) is 4.90 Å². The lowest BCUT2D eigenvalue weighted by Crippen LogP contribution is -2.38. The lowest BCUT2D eigenvalue weighted by molar-refractivity contribution is 0.200. The van der Waals surface area contributed by atoms with Crippen LogP contribution in [0.15, 0.2) is 6.20 Å². The summed E-state index contributed by atoms with van der Waals surface area (Å²) in [6, 6.07) is -0.0672. The number of nitrogens with two attached hydrogens (primary N) is 1. The van der Waals surface area contributed by atoms with E-state index in [1.54, 1.807) is 6.20 Å². The van der Waals surface area contributed by atoms with Crippen LogP contribution in [0.2, 0.25) is 0 Å². The van der Waals surface area contributed by atoms with Crippen molar-refractivity contribution in [3.63, 3.8) is 0 Å². The topological polar surface area (TPSA) is 71.2 Å². The molecule has 1 fully saturated rings. The Morgan fingerprint density at radius 2 is 2.28 bits per heavy atom. The van der Waals surface area contributed by atoms with Gasteiger partial charge in [0.1, 0.15) is 0 Å². The summed E-state index contributed by atoms with van der Waals surface area (Å²) in [6.07, 6.45) is 5.02. The fourth-order valence-corrected chi connectivity index (χ4v) is 2.48. The van der Waals surface area contributed by atoms with Gasteiger partial charge in [-0.15, -0.1) is 0 Å². The molecule has 5 nitrogen and oxygen atoms in total. The average molecular weight is 264 g/mol. The first-order chi connectivity index (χ1) is 8.79. The number of carbonyl (C=O) groups is 1. The lowest BCUT2D eigenvalue weighted by Gasteiger charge is -2.26. The van der Waals surface area contributed by atoms with E-state index in [9.17, 15) is 4.79 Å². The van der Waals surface area contributed by atoms with Gasteiger partial charge in [-0.3, -0.25) is 5.32 Å². The van der Waals surface area contributed by atoms with Crippen molar-refractivity contribution in [2.45, 2.75) is 19.3 Å². The molecule has 2 rings (SSSR count). The standard InChI is InChI=1S/C12H16N4OS/c13-6-4-5-10-9-14-11(18-10)15-12(17)16-7-2-1-3-8-16/h9H,1-3,6-8,13H2,(H,14,15,17). The van der Waals surface area contributed by atoms with Crippen LogP contribution in [0, 0.1) is 11.8 Å². The van der Waals surface area contributed by atoms with Crippen LogP contribution in [0.3, 0.4) is 0 Å². The number of nitrogens with zero attached hydrogens (tertiary/aromatic N) is 2. The molecule has 1 saturated heterocycles.